The average Bonchev–Trinajstić information content (AvgIpc) is 2.92. The van der Waals surface area contributed by atoms with Crippen LogP contribution in [0.15, 0.2) is 54.7 Å². The first-order valence-electron chi connectivity index (χ1n) is 11.1. The van der Waals surface area contributed by atoms with Crippen molar-refractivity contribution in [3.8, 4) is 17.2 Å². The fraction of sp³-hybridized carbons (Fsp3) is 0.200. The number of ether oxygens (including phenoxy) is 3. The SMILES string of the molecule is COc1cc(CNc2cnc3ccc(NC(=O)N(S)Cc4ccccc4F)nc3n2)cc(OC)c1OC. The number of aromatic nitrogens is 3. The molecule has 37 heavy (non-hydrogen) atoms. The number of benzene rings is 2. The molecule has 0 spiro atoms. The number of nitrogens with zero attached hydrogens (tertiary/aromatic N) is 4. The molecule has 2 aromatic heterocycles. The van der Waals surface area contributed by atoms with E-state index in [0.29, 0.717) is 46.3 Å². The van der Waals surface area contributed by atoms with E-state index in [1.807, 2.05) is 12.1 Å². The first kappa shape index (κ1) is 25.8. The molecule has 0 saturated carbocycles. The summed E-state index contributed by atoms with van der Waals surface area (Å²) in [7, 11) is 4.65. The monoisotopic (exact) mass is 524 g/mol. The predicted octanol–water partition coefficient (Wildman–Crippen LogP) is 4.68. The molecular weight excluding hydrogens is 499 g/mol. The number of carbonyl (C=O) groups excluding carboxylic acids is 1. The van der Waals surface area contributed by atoms with E-state index in [4.69, 9.17) is 14.2 Å². The second-order valence-corrected chi connectivity index (χ2v) is 8.24. The number of thiol groups is 1. The number of fused-ring (bicyclic) bond motifs is 1. The van der Waals surface area contributed by atoms with Gasteiger partial charge >= 0.3 is 6.03 Å². The van der Waals surface area contributed by atoms with E-state index < -0.39 is 11.8 Å². The molecule has 10 nitrogen and oxygen atoms in total. The highest BCUT2D eigenvalue weighted by molar-refractivity contribution is 7.78. The van der Waals surface area contributed by atoms with Gasteiger partial charge in [-0.3, -0.25) is 9.62 Å². The third kappa shape index (κ3) is 6.09. The number of hydrogen-bond donors (Lipinski definition) is 3. The Morgan fingerprint density at radius 2 is 1.70 bits per heavy atom. The molecule has 4 aromatic rings. The lowest BCUT2D eigenvalue weighted by atomic mass is 10.2. The van der Waals surface area contributed by atoms with Gasteiger partial charge in [-0.25, -0.2) is 24.1 Å². The second-order valence-electron chi connectivity index (χ2n) is 7.76. The molecule has 2 N–H and O–H groups in total. The minimum absolute atomic E-state index is 0.0238. The zero-order valence-electron chi connectivity index (χ0n) is 20.4. The second kappa shape index (κ2) is 11.6. The lowest BCUT2D eigenvalue weighted by Crippen LogP contribution is -2.27. The van der Waals surface area contributed by atoms with Crippen molar-refractivity contribution < 1.29 is 23.4 Å². The molecule has 0 fully saturated rings. The lowest BCUT2D eigenvalue weighted by Gasteiger charge is -2.16. The molecule has 0 atom stereocenters. The van der Waals surface area contributed by atoms with Crippen molar-refractivity contribution in [2.45, 2.75) is 13.1 Å². The minimum atomic E-state index is -0.567. The van der Waals surface area contributed by atoms with Crippen LogP contribution in [0, 0.1) is 5.82 Å². The smallest absolute Gasteiger partial charge is 0.333 e. The molecule has 0 saturated heterocycles. The summed E-state index contributed by atoms with van der Waals surface area (Å²) in [6.45, 7) is 0.377. The van der Waals surface area contributed by atoms with Crippen molar-refractivity contribution >= 4 is 41.6 Å². The van der Waals surface area contributed by atoms with Crippen LogP contribution in [-0.2, 0) is 13.1 Å². The van der Waals surface area contributed by atoms with E-state index in [1.54, 1.807) is 57.9 Å². The number of urea groups is 1. The van der Waals surface area contributed by atoms with Crippen LogP contribution in [0.5, 0.6) is 17.2 Å². The summed E-state index contributed by atoms with van der Waals surface area (Å²) in [5.74, 6) is 1.90. The van der Waals surface area contributed by atoms with Gasteiger partial charge in [-0.2, -0.15) is 0 Å². The number of hydrogen-bond acceptors (Lipinski definition) is 9. The summed E-state index contributed by atoms with van der Waals surface area (Å²) in [6.07, 6.45) is 1.59. The molecule has 0 aliphatic rings. The molecule has 2 heterocycles. The largest absolute Gasteiger partial charge is 0.493 e. The Morgan fingerprint density at radius 1 is 1.00 bits per heavy atom. The summed E-state index contributed by atoms with van der Waals surface area (Å²) in [5.41, 5.74) is 2.08. The number of halogens is 1. The van der Waals surface area contributed by atoms with Crippen molar-refractivity contribution in [1.82, 2.24) is 19.3 Å². The van der Waals surface area contributed by atoms with Gasteiger partial charge in [-0.15, -0.1) is 0 Å². The van der Waals surface area contributed by atoms with Crippen LogP contribution >= 0.6 is 12.8 Å². The van der Waals surface area contributed by atoms with Gasteiger partial charge in [0.1, 0.15) is 23.0 Å². The van der Waals surface area contributed by atoms with Crippen molar-refractivity contribution in [2.24, 2.45) is 0 Å². The van der Waals surface area contributed by atoms with Gasteiger partial charge in [0.25, 0.3) is 0 Å². The molecule has 4 rings (SSSR count). The van der Waals surface area contributed by atoms with E-state index in [0.717, 1.165) is 9.87 Å². The summed E-state index contributed by atoms with van der Waals surface area (Å²) in [4.78, 5) is 25.8. The van der Waals surface area contributed by atoms with Crippen LogP contribution < -0.4 is 24.8 Å². The Hall–Kier alpha value is -4.32. The average molecular weight is 525 g/mol. The van der Waals surface area contributed by atoms with E-state index >= 15 is 0 Å². The lowest BCUT2D eigenvalue weighted by molar-refractivity contribution is 0.237. The fourth-order valence-electron chi connectivity index (χ4n) is 3.52. The highest BCUT2D eigenvalue weighted by Gasteiger charge is 2.15. The van der Waals surface area contributed by atoms with E-state index in [2.05, 4.69) is 38.4 Å². The number of anilines is 2. The van der Waals surface area contributed by atoms with E-state index in [-0.39, 0.29) is 12.4 Å². The van der Waals surface area contributed by atoms with Crippen LogP contribution in [-0.4, -0.2) is 46.6 Å². The molecule has 0 bridgehead atoms. The van der Waals surface area contributed by atoms with Gasteiger partial charge < -0.3 is 19.5 Å². The third-order valence-electron chi connectivity index (χ3n) is 5.35. The maximum absolute atomic E-state index is 13.9. The maximum Gasteiger partial charge on any atom is 0.333 e. The van der Waals surface area contributed by atoms with Gasteiger partial charge in [0.15, 0.2) is 17.1 Å². The highest BCUT2D eigenvalue weighted by atomic mass is 32.1. The number of amides is 2. The molecule has 2 amide bonds. The van der Waals surface area contributed by atoms with Crippen LogP contribution in [0.2, 0.25) is 0 Å². The Kier molecular flexibility index (Phi) is 8.08. The Bertz CT molecular complexity index is 1400. The Balaban J connectivity index is 1.46. The third-order valence-corrected chi connectivity index (χ3v) is 5.68. The van der Waals surface area contributed by atoms with Gasteiger partial charge in [0.2, 0.25) is 5.75 Å². The van der Waals surface area contributed by atoms with Gasteiger partial charge in [0, 0.05) is 12.1 Å². The molecule has 12 heteroatoms. The molecular formula is C25H25FN6O4S. The van der Waals surface area contributed by atoms with Crippen LogP contribution in [0.25, 0.3) is 11.2 Å². The molecule has 0 unspecified atom stereocenters. The quantitative estimate of drug-likeness (QED) is 0.271. The number of rotatable bonds is 9. The normalized spacial score (nSPS) is 10.6. The van der Waals surface area contributed by atoms with Gasteiger partial charge in [-0.05, 0) is 35.9 Å². The zero-order chi connectivity index (χ0) is 26.4. The van der Waals surface area contributed by atoms with Crippen molar-refractivity contribution in [1.29, 1.82) is 0 Å². The number of pyridine rings is 1. The topological polar surface area (TPSA) is 111 Å². The van der Waals surface area contributed by atoms with Crippen molar-refractivity contribution in [2.75, 3.05) is 32.0 Å². The first-order valence-corrected chi connectivity index (χ1v) is 11.5. The summed E-state index contributed by atoms with van der Waals surface area (Å²) in [5, 5.41) is 5.83. The summed E-state index contributed by atoms with van der Waals surface area (Å²) in [6, 6.07) is 12.6. The van der Waals surface area contributed by atoms with Gasteiger partial charge in [-0.1, -0.05) is 31.0 Å². The molecule has 0 aliphatic carbocycles. The maximum atomic E-state index is 13.9. The fourth-order valence-corrected chi connectivity index (χ4v) is 3.72. The molecule has 0 radical (unpaired) electrons. The van der Waals surface area contributed by atoms with E-state index in [9.17, 15) is 9.18 Å². The zero-order valence-corrected chi connectivity index (χ0v) is 21.3. The highest BCUT2D eigenvalue weighted by Crippen LogP contribution is 2.38. The first-order chi connectivity index (χ1) is 17.9. The summed E-state index contributed by atoms with van der Waals surface area (Å²) >= 11 is 4.17. The van der Waals surface area contributed by atoms with Crippen LogP contribution in [0.1, 0.15) is 11.1 Å². The van der Waals surface area contributed by atoms with Crippen molar-refractivity contribution in [3.63, 3.8) is 0 Å². The minimum Gasteiger partial charge on any atom is -0.493 e. The van der Waals surface area contributed by atoms with Gasteiger partial charge in [0.05, 0.1) is 34.1 Å². The predicted molar refractivity (Wildman–Crippen MR) is 141 cm³/mol. The molecule has 2 aromatic carbocycles. The van der Waals surface area contributed by atoms with Crippen molar-refractivity contribution in [3.05, 3.63) is 71.7 Å². The Morgan fingerprint density at radius 3 is 2.38 bits per heavy atom. The Labute approximate surface area is 218 Å². The number of nitrogens with one attached hydrogen (secondary N) is 2. The van der Waals surface area contributed by atoms with E-state index in [1.165, 1.54) is 6.07 Å². The molecule has 192 valence electrons. The molecule has 0 aliphatic heterocycles. The number of methoxy groups -OCH3 is 3. The summed E-state index contributed by atoms with van der Waals surface area (Å²) < 4.78 is 31.1. The number of carbonyl (C=O) groups is 1. The van der Waals surface area contributed by atoms with Crippen LogP contribution in [0.3, 0.4) is 0 Å². The van der Waals surface area contributed by atoms with Crippen LogP contribution in [0.4, 0.5) is 20.8 Å². The standard InChI is InChI=1S/C25H25FN6O4S/c1-34-19-10-15(11-20(35-2)23(19)36-3)12-28-22-13-27-18-8-9-21(29-24(18)30-22)31-25(33)32(37)14-16-6-4-5-7-17(16)26/h4-11,13,37H,12,14H2,1-3H3,(H2,28,29,30,31,33).